The lowest BCUT2D eigenvalue weighted by Crippen LogP contribution is -2.26. The molecule has 2 N–H and O–H groups in total. The predicted octanol–water partition coefficient (Wildman–Crippen LogP) is 8.68. The number of nitrogens with one attached hydrogen (secondary N) is 1. The van der Waals surface area contributed by atoms with Crippen LogP contribution in [0.4, 0.5) is 0 Å². The molecule has 0 aliphatic rings. The zero-order chi connectivity index (χ0) is 36.8. The Hall–Kier alpha value is -4.83. The fourth-order valence-corrected chi connectivity index (χ4v) is 7.94. The molecular formula is C43H47N3O4SSi. The minimum Gasteiger partial charge on any atom is -0.461 e. The molecule has 2 heterocycles. The number of nitrogens with zero attached hydrogens (tertiary/aromatic N) is 2. The van der Waals surface area contributed by atoms with E-state index in [4.69, 9.17) is 4.74 Å². The van der Waals surface area contributed by atoms with E-state index in [1.54, 1.807) is 24.3 Å². The molecule has 0 aliphatic heterocycles. The number of aliphatic hydroxyl groups excluding tert-OH is 1. The van der Waals surface area contributed by atoms with Gasteiger partial charge in [0.05, 0.1) is 47.5 Å². The number of aromatic nitrogens is 2. The molecule has 0 spiro atoms. The number of aliphatic hydroxyl groups is 1. The van der Waals surface area contributed by atoms with Crippen LogP contribution in [-0.2, 0) is 20.8 Å². The van der Waals surface area contributed by atoms with Crippen molar-refractivity contribution in [2.75, 3.05) is 12.4 Å². The fraction of sp³-hybridized carbons (Fsp3) is 0.256. The number of esters is 1. The summed E-state index contributed by atoms with van der Waals surface area (Å²) in [7, 11) is -1.32. The van der Waals surface area contributed by atoms with Crippen molar-refractivity contribution < 1.29 is 19.4 Å². The Morgan fingerprint density at radius 3 is 1.92 bits per heavy atom. The number of ether oxygens (including phenoxy) is 1. The highest BCUT2D eigenvalue weighted by Gasteiger charge is 2.36. The molecule has 7 nitrogen and oxygen atoms in total. The summed E-state index contributed by atoms with van der Waals surface area (Å²) in [5.41, 5.74) is 5.61. The first-order valence-electron chi connectivity index (χ1n) is 17.7. The van der Waals surface area contributed by atoms with E-state index in [0.717, 1.165) is 18.2 Å². The van der Waals surface area contributed by atoms with Crippen molar-refractivity contribution in [3.63, 3.8) is 0 Å². The van der Waals surface area contributed by atoms with Crippen molar-refractivity contribution in [1.29, 1.82) is 0 Å². The summed E-state index contributed by atoms with van der Waals surface area (Å²) < 4.78 is 5.05. The van der Waals surface area contributed by atoms with Crippen molar-refractivity contribution in [2.24, 2.45) is 0 Å². The van der Waals surface area contributed by atoms with Gasteiger partial charge in [-0.05, 0) is 59.2 Å². The van der Waals surface area contributed by atoms with Crippen LogP contribution in [0.1, 0.15) is 45.7 Å². The quantitative estimate of drug-likeness (QED) is 0.0325. The van der Waals surface area contributed by atoms with Gasteiger partial charge in [-0.3, -0.25) is 4.79 Å². The van der Waals surface area contributed by atoms with Gasteiger partial charge >= 0.3 is 5.97 Å². The standard InChI is InChI=1S/C43H47N3O4SSi/c1-52(2,3)30-28-50-42(49)40-27-16-26-39(46-40)38-25-15-23-36(45-38)32-44-41(48)31-37(47)24-13-14-29-51-43(33-17-7-4-8-18-33,34-19-9-5-10-20-34)35-21-11-6-12-22-35/h4-13,15-27,37,47H,14,28-32H2,1-3H3,(H,44,48)/t37-/m1/s1. The summed E-state index contributed by atoms with van der Waals surface area (Å²) in [6.45, 7) is 7.28. The number of carbonyl (C=O) groups excluding carboxylic acids is 2. The van der Waals surface area contributed by atoms with Crippen LogP contribution in [0.5, 0.6) is 0 Å². The maximum absolute atomic E-state index is 12.7. The molecule has 1 atom stereocenters. The predicted molar refractivity (Wildman–Crippen MR) is 214 cm³/mol. The summed E-state index contributed by atoms with van der Waals surface area (Å²) in [6.07, 6.45) is 3.39. The van der Waals surface area contributed by atoms with Gasteiger partial charge in [-0.1, -0.05) is 135 Å². The summed E-state index contributed by atoms with van der Waals surface area (Å²) in [6, 6.07) is 43.2. The van der Waals surface area contributed by atoms with E-state index in [1.165, 1.54) is 16.7 Å². The van der Waals surface area contributed by atoms with Gasteiger partial charge in [0.1, 0.15) is 5.69 Å². The lowest BCUT2D eigenvalue weighted by molar-refractivity contribution is -0.122. The lowest BCUT2D eigenvalue weighted by Gasteiger charge is -2.35. The molecule has 5 rings (SSSR count). The molecule has 268 valence electrons. The molecule has 0 saturated carbocycles. The highest BCUT2D eigenvalue weighted by Crippen LogP contribution is 2.48. The van der Waals surface area contributed by atoms with E-state index in [2.05, 4.69) is 108 Å². The summed E-state index contributed by atoms with van der Waals surface area (Å²) in [5, 5.41) is 13.5. The number of allylic oxidation sites excluding steroid dienone is 1. The van der Waals surface area contributed by atoms with Crippen molar-refractivity contribution in [3.8, 4) is 11.4 Å². The van der Waals surface area contributed by atoms with Gasteiger partial charge in [0.15, 0.2) is 0 Å². The molecule has 3 aromatic carbocycles. The van der Waals surface area contributed by atoms with Crippen molar-refractivity contribution >= 4 is 31.7 Å². The van der Waals surface area contributed by atoms with Gasteiger partial charge in [0.2, 0.25) is 5.91 Å². The second kappa shape index (κ2) is 18.6. The van der Waals surface area contributed by atoms with Gasteiger partial charge in [-0.15, -0.1) is 11.8 Å². The number of thioether (sulfide) groups is 1. The molecule has 2 aromatic heterocycles. The fourth-order valence-electron chi connectivity index (χ4n) is 5.76. The minimum atomic E-state index is -1.32. The van der Waals surface area contributed by atoms with Crippen LogP contribution >= 0.6 is 11.8 Å². The van der Waals surface area contributed by atoms with Gasteiger partial charge < -0.3 is 15.2 Å². The van der Waals surface area contributed by atoms with Crippen LogP contribution in [0.25, 0.3) is 11.4 Å². The Kier molecular flexibility index (Phi) is 13.7. The average Bonchev–Trinajstić information content (AvgIpc) is 3.16. The average molecular weight is 730 g/mol. The second-order valence-corrected chi connectivity index (χ2v) is 20.7. The Bertz CT molecular complexity index is 1820. The molecule has 0 bridgehead atoms. The summed E-state index contributed by atoms with van der Waals surface area (Å²) in [5.74, 6) is 0.0684. The molecule has 0 saturated heterocycles. The Balaban J connectivity index is 1.14. The molecule has 0 fully saturated rings. The number of pyridine rings is 2. The first-order valence-corrected chi connectivity index (χ1v) is 22.4. The lowest BCUT2D eigenvalue weighted by atomic mass is 9.84. The third kappa shape index (κ3) is 10.8. The maximum atomic E-state index is 12.7. The molecular weight excluding hydrogens is 683 g/mol. The Labute approximate surface area is 312 Å². The summed E-state index contributed by atoms with van der Waals surface area (Å²) in [4.78, 5) is 34.4. The van der Waals surface area contributed by atoms with Crippen LogP contribution in [0.15, 0.2) is 140 Å². The normalized spacial score (nSPS) is 12.4. The second-order valence-electron chi connectivity index (χ2n) is 13.8. The van der Waals surface area contributed by atoms with E-state index >= 15 is 0 Å². The zero-order valence-electron chi connectivity index (χ0n) is 30.1. The summed E-state index contributed by atoms with van der Waals surface area (Å²) >= 11 is 1.86. The van der Waals surface area contributed by atoms with Gasteiger partial charge in [0.25, 0.3) is 0 Å². The largest absolute Gasteiger partial charge is 0.461 e. The number of carbonyl (C=O) groups is 2. The maximum Gasteiger partial charge on any atom is 0.356 e. The molecule has 52 heavy (non-hydrogen) atoms. The van der Waals surface area contributed by atoms with Crippen LogP contribution in [-0.4, -0.2) is 53.5 Å². The van der Waals surface area contributed by atoms with Crippen LogP contribution < -0.4 is 5.32 Å². The number of hydrogen-bond donors (Lipinski definition) is 2. The van der Waals surface area contributed by atoms with Crippen molar-refractivity contribution in [1.82, 2.24) is 15.3 Å². The Morgan fingerprint density at radius 2 is 1.35 bits per heavy atom. The highest BCUT2D eigenvalue weighted by atomic mass is 32.2. The first-order chi connectivity index (χ1) is 25.1. The van der Waals surface area contributed by atoms with E-state index in [0.29, 0.717) is 23.7 Å². The number of rotatable bonds is 17. The minimum absolute atomic E-state index is 0.0608. The van der Waals surface area contributed by atoms with E-state index in [1.807, 2.05) is 54.2 Å². The highest BCUT2D eigenvalue weighted by molar-refractivity contribution is 8.00. The van der Waals surface area contributed by atoms with Crippen molar-refractivity contribution in [2.45, 2.75) is 55.9 Å². The van der Waals surface area contributed by atoms with Gasteiger partial charge in [-0.25, -0.2) is 14.8 Å². The van der Waals surface area contributed by atoms with E-state index in [-0.39, 0.29) is 24.6 Å². The Morgan fingerprint density at radius 1 is 0.788 bits per heavy atom. The SMILES string of the molecule is C[Si](C)(C)CCOC(=O)c1cccc(-c2cccc(CNC(=O)C[C@H](O)C=CCCSC(c3ccccc3)(c3ccccc3)c3ccccc3)n2)n1. The van der Waals surface area contributed by atoms with Crippen LogP contribution in [0, 0.1) is 0 Å². The third-order valence-electron chi connectivity index (χ3n) is 8.48. The molecule has 0 aliphatic carbocycles. The topological polar surface area (TPSA) is 101 Å². The van der Waals surface area contributed by atoms with Crippen LogP contribution in [0.3, 0.4) is 0 Å². The van der Waals surface area contributed by atoms with Gasteiger partial charge in [0, 0.05) is 8.07 Å². The van der Waals surface area contributed by atoms with Crippen molar-refractivity contribution in [3.05, 3.63) is 168 Å². The number of benzene rings is 3. The number of amides is 1. The van der Waals surface area contributed by atoms with Gasteiger partial charge in [-0.2, -0.15) is 0 Å². The van der Waals surface area contributed by atoms with E-state index in [9.17, 15) is 14.7 Å². The third-order valence-corrected chi connectivity index (χ3v) is 11.8. The number of hydrogen-bond acceptors (Lipinski definition) is 7. The first kappa shape index (κ1) is 38.4. The van der Waals surface area contributed by atoms with E-state index < -0.39 is 24.9 Å². The molecule has 1 amide bonds. The molecule has 9 heteroatoms. The van der Waals surface area contributed by atoms with Crippen LogP contribution in [0.2, 0.25) is 25.7 Å². The smallest absolute Gasteiger partial charge is 0.356 e. The monoisotopic (exact) mass is 729 g/mol. The zero-order valence-corrected chi connectivity index (χ0v) is 31.9. The molecule has 0 unspecified atom stereocenters. The molecule has 0 radical (unpaired) electrons. The molecule has 5 aromatic rings.